The molecule has 0 spiro atoms. The maximum absolute atomic E-state index is 12.3. The SMILES string of the molecule is O=C(C[C@H]1[NH2+]CCNC1=O)Nc1ccccc1Sc1ccccc1. The predicted molar refractivity (Wildman–Crippen MR) is 93.8 cm³/mol. The van der Waals surface area contributed by atoms with Crippen molar-refractivity contribution in [1.29, 1.82) is 0 Å². The summed E-state index contributed by atoms with van der Waals surface area (Å²) in [5.41, 5.74) is 0.771. The maximum Gasteiger partial charge on any atom is 0.278 e. The summed E-state index contributed by atoms with van der Waals surface area (Å²) in [5.74, 6) is -0.210. The summed E-state index contributed by atoms with van der Waals surface area (Å²) in [4.78, 5) is 26.2. The van der Waals surface area contributed by atoms with Gasteiger partial charge in [0.15, 0.2) is 6.04 Å². The summed E-state index contributed by atoms with van der Waals surface area (Å²) >= 11 is 1.60. The molecule has 1 heterocycles. The Bertz CT molecular complexity index is 721. The number of carbonyl (C=O) groups is 2. The highest BCUT2D eigenvalue weighted by Crippen LogP contribution is 2.33. The van der Waals surface area contributed by atoms with Crippen LogP contribution in [-0.2, 0) is 9.59 Å². The van der Waals surface area contributed by atoms with E-state index in [0.717, 1.165) is 22.0 Å². The molecule has 6 heteroatoms. The molecule has 1 aliphatic heterocycles. The molecule has 0 aliphatic carbocycles. The average Bonchev–Trinajstić information content (AvgIpc) is 2.60. The Morgan fingerprint density at radius 3 is 2.71 bits per heavy atom. The summed E-state index contributed by atoms with van der Waals surface area (Å²) in [5, 5.41) is 7.65. The second-order valence-corrected chi connectivity index (χ2v) is 6.70. The normalized spacial score (nSPS) is 17.2. The van der Waals surface area contributed by atoms with Crippen molar-refractivity contribution < 1.29 is 14.9 Å². The highest BCUT2D eigenvalue weighted by atomic mass is 32.2. The molecule has 24 heavy (non-hydrogen) atoms. The minimum Gasteiger partial charge on any atom is -0.345 e. The Morgan fingerprint density at radius 1 is 1.17 bits per heavy atom. The lowest BCUT2D eigenvalue weighted by molar-refractivity contribution is -0.678. The van der Waals surface area contributed by atoms with Gasteiger partial charge in [-0.25, -0.2) is 0 Å². The molecule has 0 saturated carbocycles. The van der Waals surface area contributed by atoms with Crippen LogP contribution in [0, 0.1) is 0 Å². The van der Waals surface area contributed by atoms with E-state index >= 15 is 0 Å². The number of hydrogen-bond acceptors (Lipinski definition) is 3. The first-order valence-corrected chi connectivity index (χ1v) is 8.77. The van der Waals surface area contributed by atoms with Gasteiger partial charge in [-0.3, -0.25) is 9.59 Å². The van der Waals surface area contributed by atoms with E-state index in [0.29, 0.717) is 6.54 Å². The second kappa shape index (κ2) is 7.99. The van der Waals surface area contributed by atoms with Crippen LogP contribution in [0.2, 0.25) is 0 Å². The molecule has 0 aromatic heterocycles. The number of rotatable bonds is 5. The molecule has 124 valence electrons. The molecule has 2 aromatic carbocycles. The lowest BCUT2D eigenvalue weighted by Crippen LogP contribution is -2.96. The quantitative estimate of drug-likeness (QED) is 0.765. The van der Waals surface area contributed by atoms with Crippen LogP contribution < -0.4 is 16.0 Å². The van der Waals surface area contributed by atoms with Gasteiger partial charge in [0.1, 0.15) is 0 Å². The van der Waals surface area contributed by atoms with Gasteiger partial charge in [0.05, 0.1) is 25.2 Å². The summed E-state index contributed by atoms with van der Waals surface area (Å²) in [7, 11) is 0. The number of amides is 2. The van der Waals surface area contributed by atoms with Gasteiger partial charge < -0.3 is 16.0 Å². The molecule has 4 N–H and O–H groups in total. The zero-order valence-corrected chi connectivity index (χ0v) is 14.0. The molecule has 1 aliphatic rings. The zero-order valence-electron chi connectivity index (χ0n) is 13.2. The third kappa shape index (κ3) is 4.37. The summed E-state index contributed by atoms with van der Waals surface area (Å²) < 4.78 is 0. The van der Waals surface area contributed by atoms with Crippen LogP contribution in [0.5, 0.6) is 0 Å². The Hall–Kier alpha value is -2.31. The highest BCUT2D eigenvalue weighted by Gasteiger charge is 2.28. The van der Waals surface area contributed by atoms with Crippen molar-refractivity contribution in [2.75, 3.05) is 18.4 Å². The van der Waals surface area contributed by atoms with Gasteiger partial charge in [-0.05, 0) is 24.3 Å². The third-order valence-corrected chi connectivity index (χ3v) is 4.85. The number of nitrogens with two attached hydrogens (primary N) is 1. The minimum absolute atomic E-state index is 0.0663. The predicted octanol–water partition coefficient (Wildman–Crippen LogP) is 1.23. The number of nitrogens with one attached hydrogen (secondary N) is 2. The number of quaternary nitrogens is 1. The Morgan fingerprint density at radius 2 is 1.92 bits per heavy atom. The first-order chi connectivity index (χ1) is 11.7. The number of carbonyl (C=O) groups excluding carboxylic acids is 2. The summed E-state index contributed by atoms with van der Waals surface area (Å²) in [6.07, 6.45) is 0.177. The van der Waals surface area contributed by atoms with Crippen molar-refractivity contribution in [3.63, 3.8) is 0 Å². The molecule has 0 bridgehead atoms. The second-order valence-electron chi connectivity index (χ2n) is 5.59. The van der Waals surface area contributed by atoms with Gasteiger partial charge in [0.25, 0.3) is 5.91 Å². The fourth-order valence-corrected chi connectivity index (χ4v) is 3.49. The lowest BCUT2D eigenvalue weighted by atomic mass is 10.1. The van der Waals surface area contributed by atoms with E-state index in [4.69, 9.17) is 0 Å². The first-order valence-electron chi connectivity index (χ1n) is 7.95. The minimum atomic E-state index is -0.340. The van der Waals surface area contributed by atoms with Gasteiger partial charge >= 0.3 is 0 Å². The van der Waals surface area contributed by atoms with Crippen LogP contribution in [0.15, 0.2) is 64.4 Å². The van der Waals surface area contributed by atoms with Crippen LogP contribution in [-0.4, -0.2) is 30.9 Å². The summed E-state index contributed by atoms with van der Waals surface area (Å²) in [6.45, 7) is 1.47. The lowest BCUT2D eigenvalue weighted by Gasteiger charge is -2.20. The average molecular weight is 342 g/mol. The Labute approximate surface area is 145 Å². The van der Waals surface area contributed by atoms with Gasteiger partial charge in [-0.15, -0.1) is 0 Å². The zero-order chi connectivity index (χ0) is 16.8. The summed E-state index contributed by atoms with van der Waals surface area (Å²) in [6, 6.07) is 17.4. The van der Waals surface area contributed by atoms with E-state index in [1.807, 2.05) is 59.9 Å². The van der Waals surface area contributed by atoms with Crippen molar-refractivity contribution in [1.82, 2.24) is 5.32 Å². The fourth-order valence-electron chi connectivity index (χ4n) is 2.57. The molecule has 5 nitrogen and oxygen atoms in total. The van der Waals surface area contributed by atoms with Gasteiger partial charge in [-0.2, -0.15) is 0 Å². The molecule has 1 atom stereocenters. The van der Waals surface area contributed by atoms with E-state index in [-0.39, 0.29) is 24.3 Å². The number of benzene rings is 2. The molecular weight excluding hydrogens is 322 g/mol. The number of piperazine rings is 1. The van der Waals surface area contributed by atoms with Crippen LogP contribution in [0.1, 0.15) is 6.42 Å². The first kappa shape index (κ1) is 16.5. The van der Waals surface area contributed by atoms with E-state index in [2.05, 4.69) is 10.6 Å². The highest BCUT2D eigenvalue weighted by molar-refractivity contribution is 7.99. The topological polar surface area (TPSA) is 74.8 Å². The van der Waals surface area contributed by atoms with Crippen molar-refractivity contribution in [3.8, 4) is 0 Å². The molecule has 1 saturated heterocycles. The molecular formula is C18H20N3O2S+. The molecule has 0 unspecified atom stereocenters. The van der Waals surface area contributed by atoms with E-state index < -0.39 is 0 Å². The monoisotopic (exact) mass is 342 g/mol. The smallest absolute Gasteiger partial charge is 0.278 e. The number of anilines is 1. The number of hydrogen-bond donors (Lipinski definition) is 3. The third-order valence-electron chi connectivity index (χ3n) is 3.77. The molecule has 3 rings (SSSR count). The maximum atomic E-state index is 12.3. The van der Waals surface area contributed by atoms with Crippen LogP contribution in [0.4, 0.5) is 5.69 Å². The van der Waals surface area contributed by atoms with Crippen molar-refractivity contribution in [2.24, 2.45) is 0 Å². The van der Waals surface area contributed by atoms with E-state index in [1.54, 1.807) is 11.8 Å². The molecule has 1 fully saturated rings. The Kier molecular flexibility index (Phi) is 5.51. The Balaban J connectivity index is 1.66. The van der Waals surface area contributed by atoms with E-state index in [1.165, 1.54) is 0 Å². The standard InChI is InChI=1S/C18H19N3O2S/c22-17(12-15-18(23)20-11-10-19-15)21-14-8-4-5-9-16(14)24-13-6-2-1-3-7-13/h1-9,15,19H,10-12H2,(H,20,23)(H,21,22)/p+1/t15-/m1/s1. The van der Waals surface area contributed by atoms with Crippen LogP contribution >= 0.6 is 11.8 Å². The molecule has 2 amide bonds. The van der Waals surface area contributed by atoms with Crippen molar-refractivity contribution in [3.05, 3.63) is 54.6 Å². The number of para-hydroxylation sites is 1. The van der Waals surface area contributed by atoms with Gasteiger partial charge in [0, 0.05) is 9.79 Å². The molecule has 2 aromatic rings. The fraction of sp³-hybridized carbons (Fsp3) is 0.222. The van der Waals surface area contributed by atoms with E-state index in [9.17, 15) is 9.59 Å². The van der Waals surface area contributed by atoms with Crippen molar-refractivity contribution in [2.45, 2.75) is 22.3 Å². The molecule has 0 radical (unpaired) electrons. The van der Waals surface area contributed by atoms with Crippen LogP contribution in [0.25, 0.3) is 0 Å². The van der Waals surface area contributed by atoms with Crippen molar-refractivity contribution >= 4 is 29.3 Å². The van der Waals surface area contributed by atoms with Gasteiger partial charge in [-0.1, -0.05) is 42.1 Å². The van der Waals surface area contributed by atoms with Gasteiger partial charge in [0.2, 0.25) is 5.91 Å². The van der Waals surface area contributed by atoms with Crippen LogP contribution in [0.3, 0.4) is 0 Å². The largest absolute Gasteiger partial charge is 0.345 e.